The van der Waals surface area contributed by atoms with Crippen molar-refractivity contribution in [3.8, 4) is 22.5 Å². The average Bonchev–Trinajstić information content (AvgIpc) is 3.15. The Morgan fingerprint density at radius 2 is 1.71 bits per heavy atom. The van der Waals surface area contributed by atoms with Gasteiger partial charge in [0.2, 0.25) is 5.95 Å². The van der Waals surface area contributed by atoms with Gasteiger partial charge in [-0.2, -0.15) is 4.79 Å². The molecule has 0 amide bonds. The van der Waals surface area contributed by atoms with Crippen LogP contribution in [0.15, 0.2) is 71.7 Å². The fourth-order valence-corrected chi connectivity index (χ4v) is 4.19. The number of para-hydroxylation sites is 1. The zero-order valence-corrected chi connectivity index (χ0v) is 19.1. The highest BCUT2D eigenvalue weighted by atomic mass is 19.1. The van der Waals surface area contributed by atoms with E-state index in [4.69, 9.17) is 9.72 Å². The molecule has 174 valence electrons. The van der Waals surface area contributed by atoms with Crippen molar-refractivity contribution in [3.63, 3.8) is 0 Å². The second kappa shape index (κ2) is 9.11. The molecule has 34 heavy (non-hydrogen) atoms. The third-order valence-electron chi connectivity index (χ3n) is 5.95. The molecule has 0 unspecified atom stereocenters. The van der Waals surface area contributed by atoms with E-state index < -0.39 is 0 Å². The lowest BCUT2D eigenvalue weighted by Crippen LogP contribution is -2.47. The summed E-state index contributed by atoms with van der Waals surface area (Å²) in [4.78, 5) is 26.5. The summed E-state index contributed by atoms with van der Waals surface area (Å²) in [5.74, 6) is 0.141. The predicted molar refractivity (Wildman–Crippen MR) is 129 cm³/mol. The molecule has 8 nitrogen and oxygen atoms in total. The van der Waals surface area contributed by atoms with Crippen LogP contribution in [0.2, 0.25) is 0 Å². The fraction of sp³-hybridized carbons (Fsp3) is 0.240. The summed E-state index contributed by atoms with van der Waals surface area (Å²) in [6, 6.07) is 17.6. The Balaban J connectivity index is 1.70. The van der Waals surface area contributed by atoms with Crippen molar-refractivity contribution in [2.24, 2.45) is 7.05 Å². The van der Waals surface area contributed by atoms with Crippen LogP contribution in [-0.4, -0.2) is 52.8 Å². The lowest BCUT2D eigenvalue weighted by molar-refractivity contribution is 0.107. The van der Waals surface area contributed by atoms with Crippen molar-refractivity contribution in [3.05, 3.63) is 83.0 Å². The second-order valence-corrected chi connectivity index (χ2v) is 8.05. The normalized spacial score (nSPS) is 13.8. The molecule has 0 aliphatic carbocycles. The first-order valence-electron chi connectivity index (χ1n) is 11.1. The van der Waals surface area contributed by atoms with Crippen molar-refractivity contribution in [1.29, 1.82) is 0 Å². The monoisotopic (exact) mass is 460 g/mol. The van der Waals surface area contributed by atoms with Gasteiger partial charge in [0.1, 0.15) is 11.5 Å². The van der Waals surface area contributed by atoms with Crippen LogP contribution < -0.4 is 15.5 Å². The predicted octanol–water partition coefficient (Wildman–Crippen LogP) is 3.19. The van der Waals surface area contributed by atoms with E-state index in [0.29, 0.717) is 54.8 Å². The Morgan fingerprint density at radius 1 is 1.00 bits per heavy atom. The van der Waals surface area contributed by atoms with Crippen LogP contribution >= 0.6 is 0 Å². The smallest absolute Gasteiger partial charge is 0.276 e. The zero-order chi connectivity index (χ0) is 23.7. The first-order valence-corrected chi connectivity index (χ1v) is 11.1. The molecule has 0 saturated carbocycles. The number of benzene rings is 2. The minimum Gasteiger partial charge on any atom is -0.378 e. The molecule has 1 saturated heterocycles. The number of nitrogens with zero attached hydrogens (tertiary/aromatic N) is 6. The van der Waals surface area contributed by atoms with Crippen LogP contribution in [0.1, 0.15) is 0 Å². The van der Waals surface area contributed by atoms with Gasteiger partial charge in [-0.05, 0) is 35.9 Å². The van der Waals surface area contributed by atoms with Crippen LogP contribution in [0, 0.1) is 5.82 Å². The Kier molecular flexibility index (Phi) is 5.85. The number of ether oxygens (including phenoxy) is 1. The van der Waals surface area contributed by atoms with Crippen LogP contribution in [0.3, 0.4) is 0 Å². The molecule has 2 aromatic heterocycles. The van der Waals surface area contributed by atoms with Crippen molar-refractivity contribution < 1.29 is 9.13 Å². The number of halogens is 1. The maximum atomic E-state index is 13.7. The van der Waals surface area contributed by atoms with Crippen LogP contribution in [0.4, 0.5) is 16.0 Å². The summed E-state index contributed by atoms with van der Waals surface area (Å²) >= 11 is 0. The van der Waals surface area contributed by atoms with E-state index in [1.165, 1.54) is 12.1 Å². The molecule has 4 aromatic rings. The highest BCUT2D eigenvalue weighted by Crippen LogP contribution is 2.31. The molecule has 0 radical (unpaired) electrons. The zero-order valence-electron chi connectivity index (χ0n) is 19.1. The minimum absolute atomic E-state index is 0.190. The Bertz CT molecular complexity index is 1340. The second-order valence-electron chi connectivity index (χ2n) is 8.05. The molecule has 9 heteroatoms. The Labute approximate surface area is 196 Å². The summed E-state index contributed by atoms with van der Waals surface area (Å²) in [7, 11) is 3.63. The molecule has 1 fully saturated rings. The molecule has 5 rings (SSSR count). The number of morpholine rings is 1. The lowest BCUT2D eigenvalue weighted by atomic mass is 10.0. The molecule has 1 aliphatic heterocycles. The Morgan fingerprint density at radius 3 is 2.41 bits per heavy atom. The van der Waals surface area contributed by atoms with E-state index in [1.54, 1.807) is 36.1 Å². The van der Waals surface area contributed by atoms with Gasteiger partial charge in [-0.15, -0.1) is 0 Å². The molecule has 1 aliphatic rings. The number of hydrogen-bond acceptors (Lipinski definition) is 6. The van der Waals surface area contributed by atoms with Gasteiger partial charge >= 0.3 is 0 Å². The third-order valence-corrected chi connectivity index (χ3v) is 5.95. The topological polar surface area (TPSA) is 68.4 Å². The van der Waals surface area contributed by atoms with Crippen molar-refractivity contribution in [2.75, 3.05) is 43.3 Å². The fourth-order valence-electron chi connectivity index (χ4n) is 4.19. The highest BCUT2D eigenvalue weighted by Gasteiger charge is 2.27. The van der Waals surface area contributed by atoms with E-state index in [1.807, 2.05) is 47.1 Å². The maximum Gasteiger partial charge on any atom is 0.276 e. The summed E-state index contributed by atoms with van der Waals surface area (Å²) < 4.78 is 20.8. The van der Waals surface area contributed by atoms with Gasteiger partial charge in [0.25, 0.3) is 5.56 Å². The van der Waals surface area contributed by atoms with Gasteiger partial charge in [-0.1, -0.05) is 30.3 Å². The van der Waals surface area contributed by atoms with E-state index in [9.17, 15) is 9.18 Å². The summed E-state index contributed by atoms with van der Waals surface area (Å²) in [5.41, 5.74) is 3.06. The van der Waals surface area contributed by atoms with Gasteiger partial charge in [0.15, 0.2) is 0 Å². The SMILES string of the molecule is CN(c1ccccc1)c1nccc(-c2c(-c3ccc(F)cc3)c(=O)n(C)n2N2CCOCC2)n1. The molecule has 0 spiro atoms. The van der Waals surface area contributed by atoms with Crippen LogP contribution in [0.25, 0.3) is 22.5 Å². The summed E-state index contributed by atoms with van der Waals surface area (Å²) in [5, 5.41) is 2.07. The van der Waals surface area contributed by atoms with E-state index in [-0.39, 0.29) is 11.4 Å². The van der Waals surface area contributed by atoms with E-state index in [0.717, 1.165) is 5.69 Å². The van der Waals surface area contributed by atoms with Crippen molar-refractivity contribution >= 4 is 11.6 Å². The molecule has 0 bridgehead atoms. The van der Waals surface area contributed by atoms with Crippen LogP contribution in [0.5, 0.6) is 0 Å². The van der Waals surface area contributed by atoms with E-state index in [2.05, 4.69) is 9.99 Å². The van der Waals surface area contributed by atoms with E-state index >= 15 is 0 Å². The highest BCUT2D eigenvalue weighted by molar-refractivity contribution is 5.80. The number of anilines is 2. The summed E-state index contributed by atoms with van der Waals surface area (Å²) in [6.45, 7) is 2.37. The number of rotatable bonds is 5. The van der Waals surface area contributed by atoms with Crippen LogP contribution in [-0.2, 0) is 11.8 Å². The third kappa shape index (κ3) is 3.94. The van der Waals surface area contributed by atoms with Gasteiger partial charge in [-0.25, -0.2) is 19.0 Å². The van der Waals surface area contributed by atoms with Crippen molar-refractivity contribution in [2.45, 2.75) is 0 Å². The first-order chi connectivity index (χ1) is 16.5. The van der Waals surface area contributed by atoms with Gasteiger partial charge in [0.05, 0.1) is 37.6 Å². The maximum absolute atomic E-state index is 13.7. The molecular weight excluding hydrogens is 435 g/mol. The number of aromatic nitrogens is 4. The molecule has 0 atom stereocenters. The standard InChI is InChI=1S/C25H25FN6O2/c1-29(20-6-4-3-5-7-20)25-27-13-12-21(28-25)23-22(18-8-10-19(26)11-9-18)24(33)30(2)32(23)31-14-16-34-17-15-31/h3-13H,14-17H2,1-2H3. The molecule has 3 heterocycles. The van der Waals surface area contributed by atoms with Gasteiger partial charge in [-0.3, -0.25) is 9.80 Å². The van der Waals surface area contributed by atoms with Gasteiger partial charge in [0, 0.05) is 26.0 Å². The Hall–Kier alpha value is -3.98. The quantitative estimate of drug-likeness (QED) is 0.456. The first kappa shape index (κ1) is 21.8. The summed E-state index contributed by atoms with van der Waals surface area (Å²) in [6.07, 6.45) is 1.69. The average molecular weight is 461 g/mol. The number of hydrogen-bond donors (Lipinski definition) is 0. The lowest BCUT2D eigenvalue weighted by Gasteiger charge is -2.32. The van der Waals surface area contributed by atoms with Crippen molar-refractivity contribution in [1.82, 2.24) is 19.4 Å². The minimum atomic E-state index is -0.358. The van der Waals surface area contributed by atoms with Gasteiger partial charge < -0.3 is 9.64 Å². The molecule has 0 N–H and O–H groups in total. The molecular formula is C25H25FN6O2. The molecule has 2 aromatic carbocycles. The largest absolute Gasteiger partial charge is 0.378 e.